The zero-order valence-electron chi connectivity index (χ0n) is 17.2. The number of carbonyl (C=O) groups is 2. The van der Waals surface area contributed by atoms with Gasteiger partial charge in [-0.1, -0.05) is 30.3 Å². The Hall–Kier alpha value is -2.87. The molecule has 0 fully saturated rings. The van der Waals surface area contributed by atoms with Crippen LogP contribution in [-0.2, 0) is 30.6 Å². The fraction of sp³-hybridized carbons (Fsp3) is 0.364. The number of amides is 1. The summed E-state index contributed by atoms with van der Waals surface area (Å²) in [6.45, 7) is 2.25. The normalized spacial score (nSPS) is 12.1. The molecule has 0 aliphatic heterocycles. The second-order valence-electron chi connectivity index (χ2n) is 6.76. The molecule has 2 rings (SSSR count). The van der Waals surface area contributed by atoms with Gasteiger partial charge in [-0.25, -0.2) is 13.2 Å². The highest BCUT2D eigenvalue weighted by Gasteiger charge is 2.22. The fourth-order valence-electron chi connectivity index (χ4n) is 2.76. The lowest BCUT2D eigenvalue weighted by Crippen LogP contribution is -2.43. The molecule has 1 atom stereocenters. The van der Waals surface area contributed by atoms with E-state index in [0.29, 0.717) is 18.6 Å². The van der Waals surface area contributed by atoms with Crippen LogP contribution in [0.25, 0.3) is 0 Å². The third kappa shape index (κ3) is 7.87. The van der Waals surface area contributed by atoms with E-state index in [1.807, 2.05) is 30.3 Å². The maximum absolute atomic E-state index is 12.3. The molecule has 0 aromatic heterocycles. The number of ether oxygens (including phenoxy) is 2. The highest BCUT2D eigenvalue weighted by atomic mass is 32.2. The number of carbonyl (C=O) groups excluding carboxylic acids is 2. The summed E-state index contributed by atoms with van der Waals surface area (Å²) in [6.07, 6.45) is 2.13. The molecule has 0 spiro atoms. The summed E-state index contributed by atoms with van der Waals surface area (Å²) >= 11 is 0. The van der Waals surface area contributed by atoms with Gasteiger partial charge in [0.25, 0.3) is 0 Å². The molecule has 0 heterocycles. The molecule has 0 saturated heterocycles. The Balaban J connectivity index is 1.81. The maximum Gasteiger partial charge on any atom is 0.328 e. The predicted octanol–water partition coefficient (Wildman–Crippen LogP) is 2.54. The van der Waals surface area contributed by atoms with Crippen molar-refractivity contribution in [2.45, 2.75) is 37.1 Å². The third-order valence-electron chi connectivity index (χ3n) is 4.26. The van der Waals surface area contributed by atoms with Crippen molar-refractivity contribution in [2.75, 3.05) is 19.5 Å². The number of hydrogen-bond acceptors (Lipinski definition) is 6. The molecule has 1 N–H and O–H groups in total. The molecule has 0 bridgehead atoms. The van der Waals surface area contributed by atoms with Gasteiger partial charge in [0, 0.05) is 19.1 Å². The summed E-state index contributed by atoms with van der Waals surface area (Å²) in [5.74, 6) is -0.201. The molecule has 0 saturated carbocycles. The van der Waals surface area contributed by atoms with Crippen LogP contribution in [0.5, 0.6) is 5.75 Å². The van der Waals surface area contributed by atoms with Crippen LogP contribution in [0.4, 0.5) is 0 Å². The highest BCUT2D eigenvalue weighted by molar-refractivity contribution is 7.90. The maximum atomic E-state index is 12.3. The van der Waals surface area contributed by atoms with E-state index in [1.165, 1.54) is 12.1 Å². The van der Waals surface area contributed by atoms with Crippen molar-refractivity contribution in [1.29, 1.82) is 0 Å². The van der Waals surface area contributed by atoms with Crippen LogP contribution in [0, 0.1) is 0 Å². The second kappa shape index (κ2) is 11.3. The number of esters is 1. The fourth-order valence-corrected chi connectivity index (χ4v) is 3.39. The minimum absolute atomic E-state index is 0.187. The average Bonchev–Trinajstić information content (AvgIpc) is 2.71. The zero-order chi connectivity index (χ0) is 22.0. The largest absolute Gasteiger partial charge is 0.494 e. The molecule has 8 heteroatoms. The van der Waals surface area contributed by atoms with Gasteiger partial charge in [-0.05, 0) is 43.2 Å². The van der Waals surface area contributed by atoms with Crippen molar-refractivity contribution in [3.63, 3.8) is 0 Å². The molecule has 2 aromatic carbocycles. The van der Waals surface area contributed by atoms with Crippen LogP contribution in [0.1, 0.15) is 25.3 Å². The Bertz CT molecular complexity index is 926. The second-order valence-corrected chi connectivity index (χ2v) is 8.77. The lowest BCUT2D eigenvalue weighted by molar-refractivity contribution is -0.147. The molecule has 0 aliphatic rings. The molecular formula is C22H27NO6S. The van der Waals surface area contributed by atoms with Crippen LogP contribution in [0.3, 0.4) is 0 Å². The molecule has 1 amide bonds. The van der Waals surface area contributed by atoms with Crippen LogP contribution >= 0.6 is 0 Å². The highest BCUT2D eigenvalue weighted by Crippen LogP contribution is 2.16. The van der Waals surface area contributed by atoms with Gasteiger partial charge in [0.2, 0.25) is 5.91 Å². The Morgan fingerprint density at radius 1 is 1.03 bits per heavy atom. The summed E-state index contributed by atoms with van der Waals surface area (Å²) in [6, 6.07) is 14.8. The lowest BCUT2D eigenvalue weighted by atomic mass is 10.1. The molecule has 7 nitrogen and oxygen atoms in total. The van der Waals surface area contributed by atoms with Crippen molar-refractivity contribution in [2.24, 2.45) is 0 Å². The van der Waals surface area contributed by atoms with Gasteiger partial charge in [-0.15, -0.1) is 0 Å². The Morgan fingerprint density at radius 3 is 2.30 bits per heavy atom. The van der Waals surface area contributed by atoms with Gasteiger partial charge in [-0.3, -0.25) is 4.79 Å². The smallest absolute Gasteiger partial charge is 0.328 e. The number of benzene rings is 2. The molecule has 162 valence electrons. The van der Waals surface area contributed by atoms with E-state index in [-0.39, 0.29) is 30.4 Å². The Labute approximate surface area is 177 Å². The first-order valence-corrected chi connectivity index (χ1v) is 11.6. The van der Waals surface area contributed by atoms with Crippen molar-refractivity contribution >= 4 is 21.7 Å². The van der Waals surface area contributed by atoms with Crippen LogP contribution in [0.2, 0.25) is 0 Å². The first-order valence-electron chi connectivity index (χ1n) is 9.72. The molecule has 1 unspecified atom stereocenters. The molecule has 2 aromatic rings. The van der Waals surface area contributed by atoms with Crippen molar-refractivity contribution in [3.05, 3.63) is 60.2 Å². The van der Waals surface area contributed by atoms with E-state index in [2.05, 4.69) is 5.32 Å². The summed E-state index contributed by atoms with van der Waals surface area (Å²) in [4.78, 5) is 24.7. The SMILES string of the molecule is CCOC(=O)C(Cc1ccccc1)NC(=O)CCCOc1ccc(S(C)(=O)=O)cc1. The van der Waals surface area contributed by atoms with Crippen molar-refractivity contribution < 1.29 is 27.5 Å². The van der Waals surface area contributed by atoms with Crippen molar-refractivity contribution in [1.82, 2.24) is 5.32 Å². The number of nitrogens with one attached hydrogen (secondary N) is 1. The van der Waals surface area contributed by atoms with Gasteiger partial charge < -0.3 is 14.8 Å². The number of hydrogen-bond donors (Lipinski definition) is 1. The van der Waals surface area contributed by atoms with Gasteiger partial charge in [0.15, 0.2) is 9.84 Å². The Morgan fingerprint density at radius 2 is 1.70 bits per heavy atom. The number of rotatable bonds is 11. The minimum Gasteiger partial charge on any atom is -0.494 e. The van der Waals surface area contributed by atoms with Crippen LogP contribution < -0.4 is 10.1 Å². The van der Waals surface area contributed by atoms with Crippen LogP contribution in [0.15, 0.2) is 59.5 Å². The third-order valence-corrected chi connectivity index (χ3v) is 5.39. The van der Waals surface area contributed by atoms with E-state index < -0.39 is 21.8 Å². The average molecular weight is 434 g/mol. The number of sulfone groups is 1. The summed E-state index contributed by atoms with van der Waals surface area (Å²) in [5.41, 5.74) is 0.928. The predicted molar refractivity (Wildman–Crippen MR) is 113 cm³/mol. The summed E-state index contributed by atoms with van der Waals surface area (Å²) < 4.78 is 33.5. The standard InChI is InChI=1S/C22H27NO6S/c1-3-28-22(25)20(16-17-8-5-4-6-9-17)23-21(24)10-7-15-29-18-11-13-19(14-12-18)30(2,26)27/h4-6,8-9,11-14,20H,3,7,10,15-16H2,1-2H3,(H,23,24). The summed E-state index contributed by atoms with van der Waals surface area (Å²) in [5, 5.41) is 2.74. The first-order chi connectivity index (χ1) is 14.3. The lowest BCUT2D eigenvalue weighted by Gasteiger charge is -2.17. The van der Waals surface area contributed by atoms with Gasteiger partial charge in [-0.2, -0.15) is 0 Å². The van der Waals surface area contributed by atoms with Crippen molar-refractivity contribution in [3.8, 4) is 5.75 Å². The minimum atomic E-state index is -3.25. The van der Waals surface area contributed by atoms with Gasteiger partial charge in [0.05, 0.1) is 18.1 Å². The molecular weight excluding hydrogens is 406 g/mol. The van der Waals surface area contributed by atoms with Gasteiger partial charge in [0.1, 0.15) is 11.8 Å². The van der Waals surface area contributed by atoms with Crippen LogP contribution in [-0.4, -0.2) is 45.8 Å². The summed E-state index contributed by atoms with van der Waals surface area (Å²) in [7, 11) is -3.25. The van der Waals surface area contributed by atoms with Gasteiger partial charge >= 0.3 is 5.97 Å². The Kier molecular flexibility index (Phi) is 8.86. The zero-order valence-corrected chi connectivity index (χ0v) is 18.0. The topological polar surface area (TPSA) is 98.8 Å². The molecule has 0 aliphatic carbocycles. The monoisotopic (exact) mass is 433 g/mol. The quantitative estimate of drug-likeness (QED) is 0.432. The van der Waals surface area contributed by atoms with E-state index in [4.69, 9.17) is 9.47 Å². The van der Waals surface area contributed by atoms with E-state index in [0.717, 1.165) is 11.8 Å². The molecule has 30 heavy (non-hydrogen) atoms. The first kappa shape index (κ1) is 23.4. The van der Waals surface area contributed by atoms with E-state index in [9.17, 15) is 18.0 Å². The van der Waals surface area contributed by atoms with E-state index in [1.54, 1.807) is 19.1 Å². The van der Waals surface area contributed by atoms with E-state index >= 15 is 0 Å². The molecule has 0 radical (unpaired) electrons.